The highest BCUT2D eigenvalue weighted by Gasteiger charge is 2.27. The van der Waals surface area contributed by atoms with Crippen molar-refractivity contribution in [3.63, 3.8) is 0 Å². The number of carbonyl (C=O) groups excluding carboxylic acids is 2. The second kappa shape index (κ2) is 9.77. The zero-order valence-electron chi connectivity index (χ0n) is 16.3. The molecule has 0 aromatic heterocycles. The summed E-state index contributed by atoms with van der Waals surface area (Å²) in [4.78, 5) is 28.2. The van der Waals surface area contributed by atoms with Crippen molar-refractivity contribution in [3.8, 4) is 6.07 Å². The molecule has 0 saturated heterocycles. The van der Waals surface area contributed by atoms with Gasteiger partial charge in [-0.1, -0.05) is 19.1 Å². The highest BCUT2D eigenvalue weighted by molar-refractivity contribution is 5.98. The Balaban J connectivity index is 1.95. The van der Waals surface area contributed by atoms with E-state index in [4.69, 9.17) is 4.74 Å². The first-order valence-corrected chi connectivity index (χ1v) is 9.28. The normalized spacial score (nSPS) is 13.6. The van der Waals surface area contributed by atoms with E-state index < -0.39 is 5.97 Å². The fourth-order valence-corrected chi connectivity index (χ4v) is 2.67. The van der Waals surface area contributed by atoms with E-state index >= 15 is 0 Å². The number of ether oxygens (including phenoxy) is 1. The third-order valence-electron chi connectivity index (χ3n) is 4.41. The first-order valence-electron chi connectivity index (χ1n) is 9.28. The minimum Gasteiger partial charge on any atom is -0.451 e. The molecule has 1 saturated carbocycles. The first kappa shape index (κ1) is 20.5. The van der Waals surface area contributed by atoms with Gasteiger partial charge in [0, 0.05) is 32.9 Å². The molecule has 0 heterocycles. The molecule has 0 bridgehead atoms. The number of amides is 1. The Labute approximate surface area is 161 Å². The van der Waals surface area contributed by atoms with E-state index in [9.17, 15) is 14.9 Å². The summed E-state index contributed by atoms with van der Waals surface area (Å²) in [6.45, 7) is 3.07. The summed E-state index contributed by atoms with van der Waals surface area (Å²) in [7, 11) is 3.87. The molecule has 144 valence electrons. The van der Waals surface area contributed by atoms with Crippen molar-refractivity contribution < 1.29 is 14.3 Å². The lowest BCUT2D eigenvalue weighted by Gasteiger charge is -2.21. The Morgan fingerprint density at radius 2 is 1.93 bits per heavy atom. The van der Waals surface area contributed by atoms with E-state index in [1.54, 1.807) is 4.90 Å². The van der Waals surface area contributed by atoms with Crippen molar-refractivity contribution >= 4 is 23.6 Å². The maximum absolute atomic E-state index is 12.3. The van der Waals surface area contributed by atoms with Gasteiger partial charge in [-0.15, -0.1) is 0 Å². The molecule has 1 aliphatic rings. The monoisotopic (exact) mass is 369 g/mol. The molecule has 2 rings (SSSR count). The lowest BCUT2D eigenvalue weighted by atomic mass is 10.1. The zero-order chi connectivity index (χ0) is 19.8. The van der Waals surface area contributed by atoms with Crippen LogP contribution >= 0.6 is 0 Å². The number of esters is 1. The molecule has 1 aliphatic carbocycles. The SMILES string of the molecule is CCCN(CC1CC1)C(=O)COC(=O)/C(C#N)=C/c1ccc(N(C)C)cc1. The van der Waals surface area contributed by atoms with Crippen LogP contribution in [-0.2, 0) is 14.3 Å². The summed E-state index contributed by atoms with van der Waals surface area (Å²) in [6.07, 6.45) is 4.64. The number of nitrogens with zero attached hydrogens (tertiary/aromatic N) is 3. The van der Waals surface area contributed by atoms with Crippen LogP contribution in [-0.4, -0.2) is 50.6 Å². The molecule has 0 aliphatic heterocycles. The topological polar surface area (TPSA) is 73.6 Å². The Bertz CT molecular complexity index is 728. The van der Waals surface area contributed by atoms with Crippen LogP contribution < -0.4 is 4.90 Å². The zero-order valence-corrected chi connectivity index (χ0v) is 16.3. The molecule has 1 fully saturated rings. The minimum atomic E-state index is -0.773. The number of nitriles is 1. The van der Waals surface area contributed by atoms with Gasteiger partial charge < -0.3 is 14.5 Å². The van der Waals surface area contributed by atoms with E-state index in [0.29, 0.717) is 12.5 Å². The van der Waals surface area contributed by atoms with Gasteiger partial charge in [0.2, 0.25) is 0 Å². The molecule has 27 heavy (non-hydrogen) atoms. The molecule has 0 radical (unpaired) electrons. The maximum Gasteiger partial charge on any atom is 0.349 e. The van der Waals surface area contributed by atoms with Gasteiger partial charge in [-0.2, -0.15) is 5.26 Å². The standard InChI is InChI=1S/C21H27N3O3/c1-4-11-24(14-17-5-6-17)20(25)15-27-21(26)18(13-22)12-16-7-9-19(10-8-16)23(2)3/h7-10,12,17H,4-6,11,14-15H2,1-3H3/b18-12+. The van der Waals surface area contributed by atoms with Gasteiger partial charge in [-0.05, 0) is 49.0 Å². The van der Waals surface area contributed by atoms with Crippen LogP contribution in [0.5, 0.6) is 0 Å². The molecular weight excluding hydrogens is 342 g/mol. The highest BCUT2D eigenvalue weighted by Crippen LogP contribution is 2.29. The van der Waals surface area contributed by atoms with Crippen LogP contribution in [0, 0.1) is 17.2 Å². The number of anilines is 1. The lowest BCUT2D eigenvalue weighted by molar-refractivity contribution is -0.148. The molecule has 6 nitrogen and oxygen atoms in total. The summed E-state index contributed by atoms with van der Waals surface area (Å²) < 4.78 is 5.09. The van der Waals surface area contributed by atoms with Crippen LogP contribution in [0.1, 0.15) is 31.7 Å². The first-order chi connectivity index (χ1) is 12.9. The van der Waals surface area contributed by atoms with E-state index in [1.165, 1.54) is 6.08 Å². The van der Waals surface area contributed by atoms with Crippen LogP contribution in [0.3, 0.4) is 0 Å². The Kier molecular flexibility index (Phi) is 7.42. The van der Waals surface area contributed by atoms with Gasteiger partial charge in [-0.25, -0.2) is 4.79 Å². The van der Waals surface area contributed by atoms with Gasteiger partial charge >= 0.3 is 5.97 Å². The Morgan fingerprint density at radius 3 is 2.44 bits per heavy atom. The molecule has 1 amide bonds. The van der Waals surface area contributed by atoms with E-state index in [1.807, 2.05) is 56.3 Å². The smallest absolute Gasteiger partial charge is 0.349 e. The third-order valence-corrected chi connectivity index (χ3v) is 4.41. The Hall–Kier alpha value is -2.81. The van der Waals surface area contributed by atoms with Gasteiger partial charge in [0.25, 0.3) is 5.91 Å². The highest BCUT2D eigenvalue weighted by atomic mass is 16.5. The number of benzene rings is 1. The number of rotatable bonds is 9. The van der Waals surface area contributed by atoms with Crippen molar-refractivity contribution in [2.75, 3.05) is 38.7 Å². The number of hydrogen-bond acceptors (Lipinski definition) is 5. The second-order valence-corrected chi connectivity index (χ2v) is 7.02. The van der Waals surface area contributed by atoms with Gasteiger partial charge in [-0.3, -0.25) is 4.79 Å². The lowest BCUT2D eigenvalue weighted by Crippen LogP contribution is -2.36. The molecule has 0 unspecified atom stereocenters. The average Bonchev–Trinajstić information content (AvgIpc) is 3.48. The van der Waals surface area contributed by atoms with Crippen molar-refractivity contribution in [1.29, 1.82) is 5.26 Å². The average molecular weight is 369 g/mol. The van der Waals surface area contributed by atoms with Gasteiger partial charge in [0.1, 0.15) is 11.6 Å². The molecule has 1 aromatic carbocycles. The molecule has 1 aromatic rings. The largest absolute Gasteiger partial charge is 0.451 e. The fraction of sp³-hybridized carbons (Fsp3) is 0.476. The van der Waals surface area contributed by atoms with Crippen molar-refractivity contribution in [2.45, 2.75) is 26.2 Å². The predicted octanol–water partition coefficient (Wildman–Crippen LogP) is 2.85. The van der Waals surface area contributed by atoms with E-state index in [0.717, 1.165) is 37.1 Å². The van der Waals surface area contributed by atoms with Crippen molar-refractivity contribution in [2.24, 2.45) is 5.92 Å². The minimum absolute atomic E-state index is 0.121. The molecular formula is C21H27N3O3. The summed E-state index contributed by atoms with van der Waals surface area (Å²) in [5.41, 5.74) is 1.62. The second-order valence-electron chi connectivity index (χ2n) is 7.02. The molecule has 0 atom stereocenters. The van der Waals surface area contributed by atoms with E-state index in [-0.39, 0.29) is 18.1 Å². The van der Waals surface area contributed by atoms with Crippen LogP contribution in [0.15, 0.2) is 29.8 Å². The number of carbonyl (C=O) groups is 2. The van der Waals surface area contributed by atoms with Crippen LogP contribution in [0.2, 0.25) is 0 Å². The van der Waals surface area contributed by atoms with Gasteiger partial charge in [0.05, 0.1) is 0 Å². The molecule has 0 N–H and O–H groups in total. The quantitative estimate of drug-likeness (QED) is 0.380. The van der Waals surface area contributed by atoms with Crippen LogP contribution in [0.4, 0.5) is 5.69 Å². The molecule has 0 spiro atoms. The van der Waals surface area contributed by atoms with Crippen molar-refractivity contribution in [1.82, 2.24) is 4.90 Å². The van der Waals surface area contributed by atoms with E-state index in [2.05, 4.69) is 0 Å². The molecule has 6 heteroatoms. The Morgan fingerprint density at radius 1 is 1.26 bits per heavy atom. The summed E-state index contributed by atoms with van der Waals surface area (Å²) in [5, 5.41) is 9.26. The van der Waals surface area contributed by atoms with Gasteiger partial charge in [0.15, 0.2) is 6.61 Å². The fourth-order valence-electron chi connectivity index (χ4n) is 2.67. The summed E-state index contributed by atoms with van der Waals surface area (Å²) >= 11 is 0. The number of hydrogen-bond donors (Lipinski definition) is 0. The summed E-state index contributed by atoms with van der Waals surface area (Å²) in [6, 6.07) is 9.30. The third kappa shape index (κ3) is 6.45. The van der Waals surface area contributed by atoms with Crippen molar-refractivity contribution in [3.05, 3.63) is 35.4 Å². The maximum atomic E-state index is 12.3. The predicted molar refractivity (Wildman–Crippen MR) is 105 cm³/mol. The summed E-state index contributed by atoms with van der Waals surface area (Å²) in [5.74, 6) is -0.397. The van der Waals surface area contributed by atoms with Crippen LogP contribution in [0.25, 0.3) is 6.08 Å².